The van der Waals surface area contributed by atoms with Crippen molar-refractivity contribution in [3.8, 4) is 0 Å². The van der Waals surface area contributed by atoms with E-state index in [1.165, 1.54) is 30.4 Å². The van der Waals surface area contributed by atoms with E-state index in [1.807, 2.05) is 12.3 Å². The lowest BCUT2D eigenvalue weighted by Crippen LogP contribution is -2.18. The van der Waals surface area contributed by atoms with Crippen molar-refractivity contribution in [3.05, 3.63) is 40.3 Å². The van der Waals surface area contributed by atoms with E-state index in [2.05, 4.69) is 15.0 Å². The van der Waals surface area contributed by atoms with Gasteiger partial charge in [0.2, 0.25) is 0 Å². The van der Waals surface area contributed by atoms with E-state index in [4.69, 9.17) is 0 Å². The number of nitrogens with zero attached hydrogens (tertiary/aromatic N) is 1. The molecular weight excluding hydrogens is 306 g/mol. The number of sulfonamides is 1. The molecule has 2 heterocycles. The highest BCUT2D eigenvalue weighted by Crippen LogP contribution is 2.26. The van der Waals surface area contributed by atoms with Gasteiger partial charge in [-0.05, 0) is 43.3 Å². The summed E-state index contributed by atoms with van der Waals surface area (Å²) in [6, 6.07) is 5.70. The third-order valence-corrected chi connectivity index (χ3v) is 5.80. The Morgan fingerprint density at radius 1 is 1.33 bits per heavy atom. The molecule has 3 rings (SSSR count). The second-order valence-electron chi connectivity index (χ2n) is 5.16. The predicted molar refractivity (Wildman–Crippen MR) is 84.0 cm³/mol. The Morgan fingerprint density at radius 3 is 2.81 bits per heavy atom. The van der Waals surface area contributed by atoms with Crippen molar-refractivity contribution in [3.63, 3.8) is 0 Å². The molecule has 21 heavy (non-hydrogen) atoms. The van der Waals surface area contributed by atoms with Gasteiger partial charge < -0.3 is 5.32 Å². The number of nitrogens with one attached hydrogen (secondary N) is 2. The van der Waals surface area contributed by atoms with Gasteiger partial charge in [0.25, 0.3) is 10.0 Å². The maximum absolute atomic E-state index is 12.5. The molecule has 0 radical (unpaired) electrons. The van der Waals surface area contributed by atoms with E-state index >= 15 is 0 Å². The average Bonchev–Trinajstić information content (AvgIpc) is 3.14. The van der Waals surface area contributed by atoms with Crippen LogP contribution in [0.4, 0.5) is 5.69 Å². The van der Waals surface area contributed by atoms with Gasteiger partial charge in [0.1, 0.15) is 4.90 Å². The summed E-state index contributed by atoms with van der Waals surface area (Å²) >= 11 is 1.46. The minimum atomic E-state index is -3.56. The predicted octanol–water partition coefficient (Wildman–Crippen LogP) is 2.50. The van der Waals surface area contributed by atoms with Crippen LogP contribution < -0.4 is 10.0 Å². The molecule has 0 bridgehead atoms. The third kappa shape index (κ3) is 3.61. The van der Waals surface area contributed by atoms with Crippen LogP contribution in [-0.4, -0.2) is 19.4 Å². The van der Waals surface area contributed by atoms with Crippen LogP contribution in [0.3, 0.4) is 0 Å². The van der Waals surface area contributed by atoms with E-state index in [0.29, 0.717) is 23.2 Å². The van der Waals surface area contributed by atoms with E-state index < -0.39 is 10.0 Å². The van der Waals surface area contributed by atoms with E-state index in [0.717, 1.165) is 10.6 Å². The topological polar surface area (TPSA) is 71.1 Å². The van der Waals surface area contributed by atoms with Crippen LogP contribution >= 0.6 is 11.3 Å². The normalized spacial score (nSPS) is 15.1. The molecule has 1 saturated carbocycles. The fourth-order valence-corrected chi connectivity index (χ4v) is 4.40. The fraction of sp³-hybridized carbons (Fsp3) is 0.357. The zero-order valence-electron chi connectivity index (χ0n) is 11.7. The van der Waals surface area contributed by atoms with Crippen molar-refractivity contribution < 1.29 is 8.42 Å². The number of pyridine rings is 1. The summed E-state index contributed by atoms with van der Waals surface area (Å²) < 4.78 is 27.5. The molecule has 7 heteroatoms. The van der Waals surface area contributed by atoms with Crippen molar-refractivity contribution in [1.82, 2.24) is 10.3 Å². The maximum Gasteiger partial charge on any atom is 0.263 e. The Kier molecular flexibility index (Phi) is 3.97. The first kappa shape index (κ1) is 14.5. The van der Waals surface area contributed by atoms with Crippen LogP contribution in [0.5, 0.6) is 0 Å². The molecule has 0 unspecified atom stereocenters. The van der Waals surface area contributed by atoms with E-state index in [9.17, 15) is 8.42 Å². The molecule has 5 nitrogen and oxygen atoms in total. The summed E-state index contributed by atoms with van der Waals surface area (Å²) in [6.45, 7) is 2.46. The number of anilines is 1. The first-order valence-electron chi connectivity index (χ1n) is 6.80. The minimum absolute atomic E-state index is 0.348. The lowest BCUT2D eigenvalue weighted by atomic mass is 10.4. The molecule has 0 spiro atoms. The highest BCUT2D eigenvalue weighted by molar-refractivity contribution is 7.93. The van der Waals surface area contributed by atoms with Gasteiger partial charge in [0, 0.05) is 23.2 Å². The van der Waals surface area contributed by atoms with Crippen LogP contribution in [0, 0.1) is 6.92 Å². The van der Waals surface area contributed by atoms with Gasteiger partial charge >= 0.3 is 0 Å². The van der Waals surface area contributed by atoms with Crippen LogP contribution in [0.15, 0.2) is 34.7 Å². The molecule has 1 aliphatic rings. The maximum atomic E-state index is 12.5. The SMILES string of the molecule is Cc1ccc(NS(=O)(=O)c2ccsc2CNC2CC2)cn1. The molecule has 0 atom stereocenters. The third-order valence-electron chi connectivity index (χ3n) is 3.29. The van der Waals surface area contributed by atoms with Crippen LogP contribution in [0.1, 0.15) is 23.4 Å². The summed E-state index contributed by atoms with van der Waals surface area (Å²) in [5.74, 6) is 0. The first-order valence-corrected chi connectivity index (χ1v) is 9.16. The minimum Gasteiger partial charge on any atom is -0.309 e. The summed E-state index contributed by atoms with van der Waals surface area (Å²) in [5.41, 5.74) is 1.33. The number of thiophene rings is 1. The zero-order chi connectivity index (χ0) is 14.9. The Hall–Kier alpha value is -1.44. The first-order chi connectivity index (χ1) is 10.0. The summed E-state index contributed by atoms with van der Waals surface area (Å²) in [6.07, 6.45) is 3.89. The molecule has 2 aromatic rings. The van der Waals surface area contributed by atoms with Crippen molar-refractivity contribution in [2.24, 2.45) is 0 Å². The fourth-order valence-electron chi connectivity index (χ4n) is 1.96. The van der Waals surface area contributed by atoms with E-state index in [1.54, 1.807) is 18.2 Å². The van der Waals surface area contributed by atoms with E-state index in [-0.39, 0.29) is 0 Å². The van der Waals surface area contributed by atoms with Gasteiger partial charge in [-0.15, -0.1) is 11.3 Å². The Bertz CT molecular complexity index is 719. The molecule has 0 aromatic carbocycles. The molecule has 112 valence electrons. The van der Waals surface area contributed by atoms with Crippen molar-refractivity contribution >= 4 is 27.0 Å². The summed E-state index contributed by atoms with van der Waals surface area (Å²) in [7, 11) is -3.56. The number of hydrogen-bond donors (Lipinski definition) is 2. The van der Waals surface area contributed by atoms with Gasteiger partial charge in [-0.3, -0.25) is 9.71 Å². The summed E-state index contributed by atoms with van der Waals surface area (Å²) in [5, 5.41) is 5.16. The van der Waals surface area contributed by atoms with Gasteiger partial charge in [-0.25, -0.2) is 8.42 Å². The van der Waals surface area contributed by atoms with Crippen molar-refractivity contribution in [2.45, 2.75) is 37.2 Å². The molecule has 1 fully saturated rings. The van der Waals surface area contributed by atoms with Gasteiger partial charge in [-0.2, -0.15) is 0 Å². The molecular formula is C14H17N3O2S2. The highest BCUT2D eigenvalue weighted by Gasteiger charge is 2.24. The molecule has 2 aromatic heterocycles. The molecule has 0 aliphatic heterocycles. The van der Waals surface area contributed by atoms with Crippen LogP contribution in [0.25, 0.3) is 0 Å². The quantitative estimate of drug-likeness (QED) is 0.857. The van der Waals surface area contributed by atoms with Crippen LogP contribution in [-0.2, 0) is 16.6 Å². The number of rotatable bonds is 6. The molecule has 0 saturated heterocycles. The monoisotopic (exact) mass is 323 g/mol. The Balaban J connectivity index is 1.77. The lowest BCUT2D eigenvalue weighted by Gasteiger charge is -2.09. The number of aryl methyl sites for hydroxylation is 1. The lowest BCUT2D eigenvalue weighted by molar-refractivity contribution is 0.599. The summed E-state index contributed by atoms with van der Waals surface area (Å²) in [4.78, 5) is 5.29. The smallest absolute Gasteiger partial charge is 0.263 e. The average molecular weight is 323 g/mol. The second kappa shape index (κ2) is 5.75. The molecule has 0 amide bonds. The largest absolute Gasteiger partial charge is 0.309 e. The number of aromatic nitrogens is 1. The van der Waals surface area contributed by atoms with Crippen molar-refractivity contribution in [1.29, 1.82) is 0 Å². The zero-order valence-corrected chi connectivity index (χ0v) is 13.3. The highest BCUT2D eigenvalue weighted by atomic mass is 32.2. The van der Waals surface area contributed by atoms with Crippen LogP contribution in [0.2, 0.25) is 0 Å². The van der Waals surface area contributed by atoms with Gasteiger partial charge in [0.05, 0.1) is 11.9 Å². The van der Waals surface area contributed by atoms with Gasteiger partial charge in [-0.1, -0.05) is 0 Å². The van der Waals surface area contributed by atoms with Crippen molar-refractivity contribution in [2.75, 3.05) is 4.72 Å². The molecule has 1 aliphatic carbocycles. The second-order valence-corrected chi connectivity index (χ2v) is 7.81. The Morgan fingerprint density at radius 2 is 2.14 bits per heavy atom. The standard InChI is InChI=1S/C14H17N3O2S2/c1-10-2-3-12(8-15-10)17-21(18,19)14-6-7-20-13(14)9-16-11-4-5-11/h2-3,6-8,11,16-17H,4-5,9H2,1H3. The molecule has 2 N–H and O–H groups in total. The van der Waals surface area contributed by atoms with Gasteiger partial charge in [0.15, 0.2) is 0 Å². The Labute approximate surface area is 128 Å². The number of hydrogen-bond acceptors (Lipinski definition) is 5.